The lowest BCUT2D eigenvalue weighted by atomic mass is 10.2. The fourth-order valence-electron chi connectivity index (χ4n) is 1.18. The van der Waals surface area contributed by atoms with Crippen molar-refractivity contribution in [2.45, 2.75) is 0 Å². The van der Waals surface area contributed by atoms with Crippen LogP contribution in [-0.4, -0.2) is 5.11 Å². The summed E-state index contributed by atoms with van der Waals surface area (Å²) in [6.07, 6.45) is 6.78. The molecule has 64 valence electrons. The van der Waals surface area contributed by atoms with E-state index in [-0.39, 0.29) is 5.76 Å². The van der Waals surface area contributed by atoms with Gasteiger partial charge < -0.3 is 5.11 Å². The van der Waals surface area contributed by atoms with Gasteiger partial charge in [0.05, 0.1) is 11.6 Å². The summed E-state index contributed by atoms with van der Waals surface area (Å²) in [5.41, 5.74) is 0. The van der Waals surface area contributed by atoms with Gasteiger partial charge in [0.2, 0.25) is 0 Å². The number of aliphatic hydroxyl groups is 1. The third-order valence-electron chi connectivity index (χ3n) is 1.82. The highest BCUT2D eigenvalue weighted by molar-refractivity contribution is 5.39. The Kier molecular flexibility index (Phi) is 1.96. The summed E-state index contributed by atoms with van der Waals surface area (Å²) in [5, 5.41) is 11.1. The lowest BCUT2D eigenvalue weighted by Crippen LogP contribution is -2.23. The maximum absolute atomic E-state index is 9.20. The molecule has 0 unspecified atom stereocenters. The number of fused-ring (bicyclic) bond motifs is 1. The monoisotopic (exact) mass is 171 g/mol. The van der Waals surface area contributed by atoms with Crippen molar-refractivity contribution < 1.29 is 5.11 Å². The minimum Gasteiger partial charge on any atom is -0.506 e. The van der Waals surface area contributed by atoms with Crippen molar-refractivity contribution in [2.24, 2.45) is 4.99 Å². The van der Waals surface area contributed by atoms with Crippen LogP contribution in [0.5, 0.6) is 0 Å². The van der Waals surface area contributed by atoms with Crippen LogP contribution in [0.1, 0.15) is 0 Å². The van der Waals surface area contributed by atoms with Crippen molar-refractivity contribution in [3.8, 4) is 0 Å². The number of rotatable bonds is 0. The largest absolute Gasteiger partial charge is 0.506 e. The van der Waals surface area contributed by atoms with E-state index in [4.69, 9.17) is 0 Å². The van der Waals surface area contributed by atoms with Gasteiger partial charge >= 0.3 is 0 Å². The first-order valence-electron chi connectivity index (χ1n) is 4.07. The molecule has 0 bridgehead atoms. The topological polar surface area (TPSA) is 32.6 Å². The van der Waals surface area contributed by atoms with Gasteiger partial charge in [-0.05, 0) is 12.1 Å². The zero-order valence-electron chi connectivity index (χ0n) is 7.01. The fourth-order valence-corrected chi connectivity index (χ4v) is 1.18. The maximum Gasteiger partial charge on any atom is 0.133 e. The summed E-state index contributed by atoms with van der Waals surface area (Å²) in [7, 11) is 0. The van der Waals surface area contributed by atoms with Gasteiger partial charge in [-0.3, -0.25) is 4.99 Å². The molecule has 0 aliphatic carbocycles. The number of para-hydroxylation sites is 1. The highest BCUT2D eigenvalue weighted by Crippen LogP contribution is 1.92. The molecule has 0 fully saturated rings. The Morgan fingerprint density at radius 3 is 2.92 bits per heavy atom. The molecule has 1 N–H and O–H groups in total. The molecule has 0 radical (unpaired) electrons. The lowest BCUT2D eigenvalue weighted by Gasteiger charge is -1.92. The van der Waals surface area contributed by atoms with E-state index in [0.29, 0.717) is 0 Å². The van der Waals surface area contributed by atoms with Crippen molar-refractivity contribution >= 4 is 6.08 Å². The van der Waals surface area contributed by atoms with Crippen molar-refractivity contribution in [1.82, 2.24) is 0 Å². The van der Waals surface area contributed by atoms with Crippen LogP contribution in [0.3, 0.4) is 0 Å². The van der Waals surface area contributed by atoms with E-state index < -0.39 is 0 Å². The molecule has 2 heteroatoms. The maximum atomic E-state index is 9.20. The minimum atomic E-state index is 0.172. The summed E-state index contributed by atoms with van der Waals surface area (Å²) in [6.45, 7) is 0. The van der Waals surface area contributed by atoms with Gasteiger partial charge in [0, 0.05) is 5.22 Å². The van der Waals surface area contributed by atoms with Crippen molar-refractivity contribution in [3.05, 3.63) is 59.0 Å². The Morgan fingerprint density at radius 2 is 2.00 bits per heavy atom. The van der Waals surface area contributed by atoms with E-state index >= 15 is 0 Å². The SMILES string of the molecule is OC1=CN=c2ccccc2=CC=C1. The summed E-state index contributed by atoms with van der Waals surface area (Å²) in [5.74, 6) is 0.172. The molecule has 1 aliphatic heterocycles. The zero-order valence-corrected chi connectivity index (χ0v) is 7.01. The molecule has 1 heterocycles. The molecule has 0 amide bonds. The van der Waals surface area contributed by atoms with E-state index in [9.17, 15) is 5.11 Å². The van der Waals surface area contributed by atoms with E-state index in [1.807, 2.05) is 30.3 Å². The predicted octanol–water partition coefficient (Wildman–Crippen LogP) is 1.06. The summed E-state index contributed by atoms with van der Waals surface area (Å²) in [6, 6.07) is 7.78. The Bertz CT molecular complexity index is 483. The number of hydrogen-bond acceptors (Lipinski definition) is 2. The standard InChI is InChI=1S/C11H9NO/c13-10-6-3-5-9-4-1-2-7-11(9)12-8-10/h1-8,13H. The minimum absolute atomic E-state index is 0.172. The molecule has 1 aromatic rings. The molecule has 1 aromatic carbocycles. The Labute approximate surface area is 75.9 Å². The van der Waals surface area contributed by atoms with Crippen LogP contribution in [0.25, 0.3) is 6.08 Å². The molecule has 2 rings (SSSR count). The second kappa shape index (κ2) is 3.27. The molecule has 0 spiro atoms. The number of aliphatic hydroxyl groups excluding tert-OH is 1. The third-order valence-corrected chi connectivity index (χ3v) is 1.82. The first kappa shape index (κ1) is 7.80. The number of hydrogen-bond donors (Lipinski definition) is 1. The van der Waals surface area contributed by atoms with Crippen LogP contribution >= 0.6 is 0 Å². The van der Waals surface area contributed by atoms with Crippen molar-refractivity contribution in [2.75, 3.05) is 0 Å². The summed E-state index contributed by atoms with van der Waals surface area (Å²) < 4.78 is 0. The van der Waals surface area contributed by atoms with E-state index in [1.54, 1.807) is 12.2 Å². The second-order valence-electron chi connectivity index (χ2n) is 2.77. The third kappa shape index (κ3) is 1.67. The van der Waals surface area contributed by atoms with Gasteiger partial charge in [-0.15, -0.1) is 0 Å². The molecule has 1 aliphatic rings. The predicted molar refractivity (Wildman–Crippen MR) is 51.5 cm³/mol. The average Bonchev–Trinajstić information content (AvgIpc) is 2.13. The van der Waals surface area contributed by atoms with Gasteiger partial charge in [0.1, 0.15) is 5.76 Å². The first-order chi connectivity index (χ1) is 6.36. The van der Waals surface area contributed by atoms with Crippen LogP contribution in [0.2, 0.25) is 0 Å². The van der Waals surface area contributed by atoms with E-state index in [2.05, 4.69) is 4.99 Å². The van der Waals surface area contributed by atoms with Crippen molar-refractivity contribution in [1.29, 1.82) is 0 Å². The zero-order chi connectivity index (χ0) is 9.10. The summed E-state index contributed by atoms with van der Waals surface area (Å²) >= 11 is 0. The van der Waals surface area contributed by atoms with Crippen LogP contribution in [0, 0.1) is 0 Å². The first-order valence-corrected chi connectivity index (χ1v) is 4.07. The normalized spacial score (nSPS) is 14.3. The van der Waals surface area contributed by atoms with Gasteiger partial charge in [-0.25, -0.2) is 0 Å². The fraction of sp³-hybridized carbons (Fsp3) is 0. The van der Waals surface area contributed by atoms with E-state index in [0.717, 1.165) is 10.6 Å². The van der Waals surface area contributed by atoms with Crippen LogP contribution in [-0.2, 0) is 0 Å². The number of benzene rings is 1. The molecular formula is C11H9NO. The Morgan fingerprint density at radius 1 is 1.15 bits per heavy atom. The van der Waals surface area contributed by atoms with Gasteiger partial charge in [-0.2, -0.15) is 0 Å². The highest BCUT2D eigenvalue weighted by atomic mass is 16.3. The van der Waals surface area contributed by atoms with Gasteiger partial charge in [0.25, 0.3) is 0 Å². The Hall–Kier alpha value is -1.83. The second-order valence-corrected chi connectivity index (χ2v) is 2.77. The molecule has 0 saturated carbocycles. The molecular weight excluding hydrogens is 162 g/mol. The smallest absolute Gasteiger partial charge is 0.133 e. The number of nitrogens with zero attached hydrogens (tertiary/aromatic N) is 1. The molecule has 2 nitrogen and oxygen atoms in total. The summed E-state index contributed by atoms with van der Waals surface area (Å²) in [4.78, 5) is 4.13. The Balaban J connectivity index is 2.75. The molecule has 13 heavy (non-hydrogen) atoms. The highest BCUT2D eigenvalue weighted by Gasteiger charge is 1.88. The molecule has 0 aromatic heterocycles. The van der Waals surface area contributed by atoms with Gasteiger partial charge in [-0.1, -0.05) is 30.4 Å². The van der Waals surface area contributed by atoms with E-state index in [1.165, 1.54) is 6.20 Å². The lowest BCUT2D eigenvalue weighted by molar-refractivity contribution is 0.430. The van der Waals surface area contributed by atoms with Crippen LogP contribution in [0.15, 0.2) is 53.4 Å². The number of allylic oxidation sites excluding steroid dienone is 2. The van der Waals surface area contributed by atoms with Gasteiger partial charge in [0.15, 0.2) is 0 Å². The van der Waals surface area contributed by atoms with Crippen LogP contribution in [0.4, 0.5) is 0 Å². The average molecular weight is 171 g/mol. The quantitative estimate of drug-likeness (QED) is 0.622. The van der Waals surface area contributed by atoms with Crippen molar-refractivity contribution in [3.63, 3.8) is 0 Å². The molecule has 0 atom stereocenters. The van der Waals surface area contributed by atoms with Crippen LogP contribution < -0.4 is 10.6 Å². The molecule has 0 saturated heterocycles.